The molecule has 0 saturated carbocycles. The van der Waals surface area contributed by atoms with Gasteiger partial charge in [-0.1, -0.05) is 15.9 Å². The molecular weight excluding hydrogens is 260 g/mol. The summed E-state index contributed by atoms with van der Waals surface area (Å²) in [6.07, 6.45) is 0. The molecule has 5 heteroatoms. The number of ether oxygens (including phenoxy) is 1. The van der Waals surface area contributed by atoms with E-state index in [1.807, 2.05) is 18.2 Å². The predicted molar refractivity (Wildman–Crippen MR) is 64.9 cm³/mol. The number of hydrogen-bond acceptors (Lipinski definition) is 4. The van der Waals surface area contributed by atoms with Crippen LogP contribution in [-0.2, 0) is 4.74 Å². The van der Waals surface area contributed by atoms with E-state index in [1.165, 1.54) is 0 Å². The van der Waals surface area contributed by atoms with E-state index in [4.69, 9.17) is 15.6 Å². The Morgan fingerprint density at radius 2 is 2.20 bits per heavy atom. The van der Waals surface area contributed by atoms with Crippen molar-refractivity contribution >= 4 is 27.3 Å². The minimum Gasteiger partial charge on any atom is -0.397 e. The van der Waals surface area contributed by atoms with E-state index in [9.17, 15) is 0 Å². The highest BCUT2D eigenvalue weighted by Crippen LogP contribution is 2.22. The number of benzene rings is 1. The fourth-order valence-electron chi connectivity index (χ4n) is 1.11. The Hall–Kier alpha value is -0.780. The highest BCUT2D eigenvalue weighted by molar-refractivity contribution is 9.10. The summed E-state index contributed by atoms with van der Waals surface area (Å²) < 4.78 is 6.09. The molecule has 1 rings (SSSR count). The standard InChI is InChI=1S/C10H15BrN2O2/c11-8-1-2-9(12)10(7-8)13-3-5-15-6-4-14/h1-2,7,13-14H,3-6,12H2. The summed E-state index contributed by atoms with van der Waals surface area (Å²) >= 11 is 3.37. The largest absolute Gasteiger partial charge is 0.397 e. The van der Waals surface area contributed by atoms with Crippen LogP contribution >= 0.6 is 15.9 Å². The van der Waals surface area contributed by atoms with Crippen molar-refractivity contribution < 1.29 is 9.84 Å². The normalized spacial score (nSPS) is 10.3. The van der Waals surface area contributed by atoms with E-state index in [-0.39, 0.29) is 6.61 Å². The molecule has 0 aromatic heterocycles. The zero-order valence-corrected chi connectivity index (χ0v) is 9.96. The van der Waals surface area contributed by atoms with E-state index in [0.29, 0.717) is 25.4 Å². The van der Waals surface area contributed by atoms with Crippen molar-refractivity contribution in [2.45, 2.75) is 0 Å². The molecule has 0 aliphatic rings. The first-order valence-corrected chi connectivity index (χ1v) is 5.51. The van der Waals surface area contributed by atoms with Crippen LogP contribution in [0.1, 0.15) is 0 Å². The number of nitrogens with two attached hydrogens (primary N) is 1. The first-order chi connectivity index (χ1) is 7.24. The molecule has 0 bridgehead atoms. The van der Waals surface area contributed by atoms with Crippen LogP contribution in [0.4, 0.5) is 11.4 Å². The third kappa shape index (κ3) is 4.51. The molecule has 0 atom stereocenters. The topological polar surface area (TPSA) is 67.5 Å². The average molecular weight is 275 g/mol. The summed E-state index contributed by atoms with van der Waals surface area (Å²) in [4.78, 5) is 0. The van der Waals surface area contributed by atoms with Crippen molar-refractivity contribution in [3.63, 3.8) is 0 Å². The maximum Gasteiger partial charge on any atom is 0.0698 e. The van der Waals surface area contributed by atoms with Gasteiger partial charge in [-0.25, -0.2) is 0 Å². The number of rotatable bonds is 6. The first kappa shape index (κ1) is 12.3. The van der Waals surface area contributed by atoms with E-state index in [0.717, 1.165) is 10.2 Å². The molecule has 0 unspecified atom stereocenters. The van der Waals surface area contributed by atoms with Crippen LogP contribution in [0, 0.1) is 0 Å². The van der Waals surface area contributed by atoms with Crippen LogP contribution < -0.4 is 11.1 Å². The van der Waals surface area contributed by atoms with Crippen LogP contribution in [0.3, 0.4) is 0 Å². The van der Waals surface area contributed by atoms with Gasteiger partial charge in [0.05, 0.1) is 31.2 Å². The first-order valence-electron chi connectivity index (χ1n) is 4.71. The van der Waals surface area contributed by atoms with Crippen LogP contribution in [-0.4, -0.2) is 31.5 Å². The van der Waals surface area contributed by atoms with Crippen LogP contribution in [0.25, 0.3) is 0 Å². The van der Waals surface area contributed by atoms with Gasteiger partial charge >= 0.3 is 0 Å². The van der Waals surface area contributed by atoms with Crippen LogP contribution in [0.2, 0.25) is 0 Å². The van der Waals surface area contributed by atoms with E-state index in [1.54, 1.807) is 0 Å². The van der Waals surface area contributed by atoms with E-state index in [2.05, 4.69) is 21.2 Å². The highest BCUT2D eigenvalue weighted by Gasteiger charge is 1.98. The molecule has 84 valence electrons. The minimum atomic E-state index is 0.0546. The molecule has 0 fully saturated rings. The zero-order valence-electron chi connectivity index (χ0n) is 8.37. The van der Waals surface area contributed by atoms with E-state index >= 15 is 0 Å². The molecule has 0 spiro atoms. The van der Waals surface area contributed by atoms with Crippen molar-refractivity contribution in [1.29, 1.82) is 0 Å². The lowest BCUT2D eigenvalue weighted by Crippen LogP contribution is -2.12. The van der Waals surface area contributed by atoms with Gasteiger partial charge in [-0.3, -0.25) is 0 Å². The van der Waals surface area contributed by atoms with Gasteiger partial charge in [-0.2, -0.15) is 0 Å². The predicted octanol–water partition coefficient (Wildman–Crippen LogP) is 1.45. The fraction of sp³-hybridized carbons (Fsp3) is 0.400. The van der Waals surface area contributed by atoms with Gasteiger partial charge in [-0.05, 0) is 18.2 Å². The Balaban J connectivity index is 2.33. The molecule has 15 heavy (non-hydrogen) atoms. The molecule has 4 nitrogen and oxygen atoms in total. The SMILES string of the molecule is Nc1ccc(Br)cc1NCCOCCO. The fourth-order valence-corrected chi connectivity index (χ4v) is 1.47. The summed E-state index contributed by atoms with van der Waals surface area (Å²) in [7, 11) is 0. The zero-order chi connectivity index (χ0) is 11.1. The van der Waals surface area contributed by atoms with Crippen molar-refractivity contribution in [3.8, 4) is 0 Å². The second-order valence-corrected chi connectivity index (χ2v) is 3.91. The van der Waals surface area contributed by atoms with Crippen molar-refractivity contribution in [2.75, 3.05) is 37.4 Å². The number of nitrogen functional groups attached to an aromatic ring is 1. The number of halogens is 1. The molecule has 0 heterocycles. The lowest BCUT2D eigenvalue weighted by Gasteiger charge is -2.09. The molecular formula is C10H15BrN2O2. The molecule has 1 aromatic carbocycles. The Morgan fingerprint density at radius 3 is 2.93 bits per heavy atom. The lowest BCUT2D eigenvalue weighted by molar-refractivity contribution is 0.0992. The van der Waals surface area contributed by atoms with Gasteiger partial charge in [-0.15, -0.1) is 0 Å². The number of anilines is 2. The Bertz CT molecular complexity index is 307. The Labute approximate surface area is 97.6 Å². The number of nitrogens with one attached hydrogen (secondary N) is 1. The quantitative estimate of drug-likeness (QED) is 0.543. The Morgan fingerprint density at radius 1 is 1.40 bits per heavy atom. The van der Waals surface area contributed by atoms with Crippen LogP contribution in [0.5, 0.6) is 0 Å². The van der Waals surface area contributed by atoms with Crippen molar-refractivity contribution in [3.05, 3.63) is 22.7 Å². The number of aliphatic hydroxyl groups excluding tert-OH is 1. The highest BCUT2D eigenvalue weighted by atomic mass is 79.9. The van der Waals surface area contributed by atoms with Gasteiger partial charge in [0.25, 0.3) is 0 Å². The summed E-state index contributed by atoms with van der Waals surface area (Å²) in [6, 6.07) is 5.64. The summed E-state index contributed by atoms with van der Waals surface area (Å²) in [5.74, 6) is 0. The third-order valence-corrected chi connectivity index (χ3v) is 2.31. The van der Waals surface area contributed by atoms with E-state index < -0.39 is 0 Å². The van der Waals surface area contributed by atoms with Gasteiger partial charge in [0, 0.05) is 11.0 Å². The third-order valence-electron chi connectivity index (χ3n) is 1.81. The second-order valence-electron chi connectivity index (χ2n) is 2.99. The molecule has 0 radical (unpaired) electrons. The summed E-state index contributed by atoms with van der Waals surface area (Å²) in [6.45, 7) is 1.64. The van der Waals surface area contributed by atoms with Gasteiger partial charge in [0.15, 0.2) is 0 Å². The van der Waals surface area contributed by atoms with Crippen LogP contribution in [0.15, 0.2) is 22.7 Å². The maximum atomic E-state index is 8.49. The molecule has 1 aromatic rings. The monoisotopic (exact) mass is 274 g/mol. The minimum absolute atomic E-state index is 0.0546. The molecule has 0 aliphatic heterocycles. The van der Waals surface area contributed by atoms with Gasteiger partial charge in [0.1, 0.15) is 0 Å². The smallest absolute Gasteiger partial charge is 0.0698 e. The van der Waals surface area contributed by atoms with Crippen molar-refractivity contribution in [2.24, 2.45) is 0 Å². The molecule has 4 N–H and O–H groups in total. The van der Waals surface area contributed by atoms with Crippen molar-refractivity contribution in [1.82, 2.24) is 0 Å². The second kappa shape index (κ2) is 6.66. The molecule has 0 amide bonds. The summed E-state index contributed by atoms with van der Waals surface area (Å²) in [5, 5.41) is 11.6. The molecule has 0 aliphatic carbocycles. The molecule has 0 saturated heterocycles. The Kier molecular flexibility index (Phi) is 5.45. The number of hydrogen-bond donors (Lipinski definition) is 3. The van der Waals surface area contributed by atoms with Gasteiger partial charge < -0.3 is 20.9 Å². The van der Waals surface area contributed by atoms with Gasteiger partial charge in [0.2, 0.25) is 0 Å². The maximum absolute atomic E-state index is 8.49. The average Bonchev–Trinajstić information content (AvgIpc) is 2.23. The number of aliphatic hydroxyl groups is 1. The lowest BCUT2D eigenvalue weighted by atomic mass is 10.3. The summed E-state index contributed by atoms with van der Waals surface area (Å²) in [5.41, 5.74) is 7.36.